The molecule has 300 valence electrons. The summed E-state index contributed by atoms with van der Waals surface area (Å²) >= 11 is 0. The van der Waals surface area contributed by atoms with Crippen LogP contribution >= 0.6 is 23.0 Å². The second-order valence-corrected chi connectivity index (χ2v) is 20.3. The van der Waals surface area contributed by atoms with E-state index in [0.717, 1.165) is 44.5 Å². The summed E-state index contributed by atoms with van der Waals surface area (Å²) < 4.78 is 58.2. The molecule has 6 aromatic rings. The summed E-state index contributed by atoms with van der Waals surface area (Å²) in [6, 6.07) is 35.2. The first-order chi connectivity index (χ1) is 27.7. The van der Waals surface area contributed by atoms with Crippen molar-refractivity contribution in [2.75, 3.05) is 0 Å². The van der Waals surface area contributed by atoms with Gasteiger partial charge in [0.25, 0.3) is 0 Å². The van der Waals surface area contributed by atoms with Crippen LogP contribution in [0.2, 0.25) is 0 Å². The Balaban J connectivity index is 1.64. The van der Waals surface area contributed by atoms with Crippen molar-refractivity contribution in [3.63, 3.8) is 0 Å². The summed E-state index contributed by atoms with van der Waals surface area (Å²) in [4.78, 5) is 0. The monoisotopic (exact) mass is 837 g/mol. The molecule has 1 aliphatic rings. The Kier molecular flexibility index (Phi) is 11.4. The van der Waals surface area contributed by atoms with Crippen molar-refractivity contribution >= 4 is 23.0 Å². The van der Waals surface area contributed by atoms with Crippen LogP contribution in [-0.4, -0.2) is 10.2 Å². The Morgan fingerprint density at radius 2 is 0.569 bits per heavy atom. The quantitative estimate of drug-likeness (QED) is 0.116. The topological polar surface area (TPSA) is 133 Å². The third-order valence-corrected chi connectivity index (χ3v) is 17.9. The molecule has 0 spiro atoms. The van der Waals surface area contributed by atoms with E-state index in [9.17, 15) is 10.2 Å². The van der Waals surface area contributed by atoms with Gasteiger partial charge in [-0.15, -0.1) is 0 Å². The van der Waals surface area contributed by atoms with Crippen molar-refractivity contribution in [3.05, 3.63) is 166 Å². The summed E-state index contributed by atoms with van der Waals surface area (Å²) in [5.41, 5.74) is 7.29. The van der Waals surface area contributed by atoms with Crippen LogP contribution < -0.4 is 27.1 Å². The largest absolute Gasteiger partial charge is 0.508 e. The van der Waals surface area contributed by atoms with Gasteiger partial charge in [0.15, 0.2) is 0 Å². The highest BCUT2D eigenvalue weighted by atomic mass is 31.3. The number of phenols is 2. The van der Waals surface area contributed by atoms with Gasteiger partial charge in [-0.25, -0.2) is 0 Å². The third kappa shape index (κ3) is 8.78. The predicted octanol–water partition coefficient (Wildman–Crippen LogP) is 14.2. The van der Waals surface area contributed by atoms with Crippen LogP contribution in [0.15, 0.2) is 135 Å². The van der Waals surface area contributed by atoms with Crippen LogP contribution in [0.1, 0.15) is 44.5 Å². The van der Waals surface area contributed by atoms with Crippen molar-refractivity contribution in [2.24, 2.45) is 13.5 Å². The Labute approximate surface area is 340 Å². The van der Waals surface area contributed by atoms with Crippen LogP contribution in [0.5, 0.6) is 46.0 Å². The SMILES string of the molecule is Cc1cccc(OP2(Oc3cccc(C)c3C)=NP(Oc3ccc(O)cc3)(Oc3ccc(O)cc3)=NP(Oc3cccc(C)c3C)(Oc3cccc(C)c3C)=N2)c1C. The van der Waals surface area contributed by atoms with Gasteiger partial charge in [-0.3, -0.25) is 0 Å². The molecule has 0 saturated heterocycles. The van der Waals surface area contributed by atoms with Crippen LogP contribution in [0.3, 0.4) is 0 Å². The lowest BCUT2D eigenvalue weighted by Crippen LogP contribution is -2.12. The molecule has 58 heavy (non-hydrogen) atoms. The molecule has 0 saturated carbocycles. The standard InChI is InChI=1S/C44H46N3O8P3/c1-29-13-9-17-41(33(29)5)52-57(53-42-18-10-14-30(2)34(42)6)45-56(50-39-25-21-37(48)22-26-39,51-40-27-23-38(49)24-28-40)46-58(47-57,54-43-19-11-15-31(3)35(43)7)55-44-20-12-16-32(4)36(44)8/h9-28,48-49H,1-8H3. The number of aromatic hydroxyl groups is 2. The third-order valence-electron chi connectivity index (χ3n) is 9.89. The molecule has 1 aliphatic heterocycles. The maximum atomic E-state index is 10.3. The summed E-state index contributed by atoms with van der Waals surface area (Å²) in [6.45, 7) is 15.8. The molecule has 0 radical (unpaired) electrons. The second-order valence-electron chi connectivity index (χ2n) is 14.1. The van der Waals surface area contributed by atoms with Gasteiger partial charge in [0.05, 0.1) is 0 Å². The Morgan fingerprint density at radius 3 is 0.828 bits per heavy atom. The Hall–Kier alpha value is -5.59. The fourth-order valence-corrected chi connectivity index (χ4v) is 15.1. The highest BCUT2D eigenvalue weighted by Crippen LogP contribution is 2.79. The van der Waals surface area contributed by atoms with Crippen LogP contribution in [0, 0.1) is 55.4 Å². The van der Waals surface area contributed by atoms with Gasteiger partial charge in [-0.1, -0.05) is 62.1 Å². The number of hydrogen-bond donors (Lipinski definition) is 2. The zero-order chi connectivity index (χ0) is 41.2. The van der Waals surface area contributed by atoms with Crippen LogP contribution in [0.25, 0.3) is 0 Å². The molecule has 11 nitrogen and oxygen atoms in total. The van der Waals surface area contributed by atoms with Crippen molar-refractivity contribution < 1.29 is 37.4 Å². The maximum Gasteiger partial charge on any atom is 0.460 e. The lowest BCUT2D eigenvalue weighted by Gasteiger charge is -2.34. The molecule has 2 N–H and O–H groups in total. The minimum Gasteiger partial charge on any atom is -0.508 e. The zero-order valence-electron chi connectivity index (χ0n) is 33.6. The van der Waals surface area contributed by atoms with E-state index in [1.807, 2.05) is 128 Å². The van der Waals surface area contributed by atoms with Gasteiger partial charge in [0, 0.05) is 0 Å². The predicted molar refractivity (Wildman–Crippen MR) is 232 cm³/mol. The van der Waals surface area contributed by atoms with E-state index in [1.165, 1.54) is 24.3 Å². The number of benzene rings is 6. The van der Waals surface area contributed by atoms with E-state index in [0.29, 0.717) is 23.0 Å². The van der Waals surface area contributed by atoms with Crippen molar-refractivity contribution in [2.45, 2.75) is 55.4 Å². The number of hydrogen-bond acceptors (Lipinski definition) is 11. The fourth-order valence-electron chi connectivity index (χ4n) is 5.85. The van der Waals surface area contributed by atoms with E-state index < -0.39 is 23.0 Å². The van der Waals surface area contributed by atoms with E-state index >= 15 is 0 Å². The summed E-state index contributed by atoms with van der Waals surface area (Å²) in [5, 5.41) is 20.5. The molecule has 6 aromatic carbocycles. The first-order valence-electron chi connectivity index (χ1n) is 18.6. The van der Waals surface area contributed by atoms with E-state index in [-0.39, 0.29) is 23.0 Å². The van der Waals surface area contributed by atoms with Gasteiger partial charge in [0.1, 0.15) is 46.0 Å². The molecule has 0 aromatic heterocycles. The normalized spacial score (nSPS) is 14.8. The lowest BCUT2D eigenvalue weighted by atomic mass is 10.1. The maximum absolute atomic E-state index is 10.3. The molecule has 0 amide bonds. The van der Waals surface area contributed by atoms with E-state index in [1.54, 1.807) is 24.3 Å². The molecular formula is C44H46N3O8P3. The number of aryl methyl sites for hydroxylation is 4. The number of rotatable bonds is 12. The van der Waals surface area contributed by atoms with Gasteiger partial charge >= 0.3 is 23.0 Å². The minimum atomic E-state index is -4.17. The highest BCUT2D eigenvalue weighted by molar-refractivity contribution is 7.79. The smallest absolute Gasteiger partial charge is 0.460 e. The van der Waals surface area contributed by atoms with Crippen LogP contribution in [-0.2, 0) is 0 Å². The summed E-state index contributed by atoms with van der Waals surface area (Å²) in [5.74, 6) is 2.48. The molecule has 0 fully saturated rings. The van der Waals surface area contributed by atoms with E-state index in [2.05, 4.69) is 0 Å². The Bertz CT molecular complexity index is 2400. The molecule has 1 heterocycles. The first-order valence-corrected chi connectivity index (χ1v) is 23.2. The highest BCUT2D eigenvalue weighted by Gasteiger charge is 2.49. The molecular weight excluding hydrogens is 791 g/mol. The van der Waals surface area contributed by atoms with Crippen molar-refractivity contribution in [3.8, 4) is 46.0 Å². The van der Waals surface area contributed by atoms with Gasteiger partial charge < -0.3 is 37.4 Å². The molecule has 0 bridgehead atoms. The molecule has 0 aliphatic carbocycles. The minimum absolute atomic E-state index is 0.0309. The van der Waals surface area contributed by atoms with Gasteiger partial charge in [0.2, 0.25) is 0 Å². The first kappa shape index (κ1) is 40.6. The van der Waals surface area contributed by atoms with Gasteiger partial charge in [-0.05, 0) is 173 Å². The lowest BCUT2D eigenvalue weighted by molar-refractivity contribution is 0.438. The average molecular weight is 838 g/mol. The zero-order valence-corrected chi connectivity index (χ0v) is 36.3. The molecule has 0 unspecified atom stereocenters. The van der Waals surface area contributed by atoms with E-state index in [4.69, 9.17) is 40.7 Å². The van der Waals surface area contributed by atoms with Gasteiger partial charge in [-0.2, -0.15) is 0 Å². The second kappa shape index (κ2) is 16.3. The molecule has 0 atom stereocenters. The summed E-state index contributed by atoms with van der Waals surface area (Å²) in [6.07, 6.45) is 0. The summed E-state index contributed by atoms with van der Waals surface area (Å²) in [7, 11) is -12.4. The number of phenolic OH excluding ortho intramolecular Hbond substituents is 2. The van der Waals surface area contributed by atoms with Crippen molar-refractivity contribution in [1.82, 2.24) is 0 Å². The Morgan fingerprint density at radius 1 is 0.328 bits per heavy atom. The van der Waals surface area contributed by atoms with Crippen molar-refractivity contribution in [1.29, 1.82) is 0 Å². The fraction of sp³-hybridized carbons (Fsp3) is 0.182. The molecule has 7 rings (SSSR count). The molecule has 14 heteroatoms. The van der Waals surface area contributed by atoms with Crippen LogP contribution in [0.4, 0.5) is 0 Å². The number of nitrogens with zero attached hydrogens (tertiary/aromatic N) is 3. The average Bonchev–Trinajstić information content (AvgIpc) is 3.18.